The van der Waals surface area contributed by atoms with Crippen molar-refractivity contribution in [3.8, 4) is 0 Å². The monoisotopic (exact) mass is 333 g/mol. The third kappa shape index (κ3) is 4.47. The lowest BCUT2D eigenvalue weighted by Crippen LogP contribution is -2.54. The molecule has 1 aliphatic rings. The number of primary amides is 1. The fourth-order valence-electron chi connectivity index (χ4n) is 2.87. The molecule has 6 nitrogen and oxygen atoms in total. The van der Waals surface area contributed by atoms with Crippen molar-refractivity contribution in [3.05, 3.63) is 35.4 Å². The summed E-state index contributed by atoms with van der Waals surface area (Å²) in [6.45, 7) is 9.24. The maximum absolute atomic E-state index is 12.7. The van der Waals surface area contributed by atoms with Gasteiger partial charge < -0.3 is 20.7 Å². The summed E-state index contributed by atoms with van der Waals surface area (Å²) in [7, 11) is 0. The third-order valence-electron chi connectivity index (χ3n) is 4.18. The van der Waals surface area contributed by atoms with Gasteiger partial charge in [0.1, 0.15) is 0 Å². The van der Waals surface area contributed by atoms with Crippen LogP contribution in [-0.4, -0.2) is 42.6 Å². The molecule has 0 aromatic heterocycles. The Kier molecular flexibility index (Phi) is 5.49. The first-order chi connectivity index (χ1) is 11.2. The average Bonchev–Trinajstić information content (AvgIpc) is 2.51. The van der Waals surface area contributed by atoms with Crippen LogP contribution in [0.5, 0.6) is 0 Å². The first kappa shape index (κ1) is 18.3. The van der Waals surface area contributed by atoms with E-state index in [0.717, 1.165) is 11.1 Å². The molecule has 132 valence electrons. The molecule has 0 aliphatic carbocycles. The molecular formula is C18H27N3O3. The first-order valence-electron chi connectivity index (χ1n) is 8.21. The van der Waals surface area contributed by atoms with E-state index < -0.39 is 12.0 Å². The van der Waals surface area contributed by atoms with Gasteiger partial charge in [-0.05, 0) is 17.9 Å². The number of hydrogen-bond acceptors (Lipinski definition) is 3. The Morgan fingerprint density at radius 1 is 1.38 bits per heavy atom. The number of hydrogen-bond donors (Lipinski definition) is 2. The van der Waals surface area contributed by atoms with E-state index in [1.54, 1.807) is 4.90 Å². The first-order valence-corrected chi connectivity index (χ1v) is 8.21. The van der Waals surface area contributed by atoms with Gasteiger partial charge in [-0.15, -0.1) is 0 Å². The highest BCUT2D eigenvalue weighted by molar-refractivity contribution is 5.81. The van der Waals surface area contributed by atoms with Crippen LogP contribution in [0.2, 0.25) is 0 Å². The summed E-state index contributed by atoms with van der Waals surface area (Å²) in [6, 6.07) is 7.79. The molecule has 6 heteroatoms. The zero-order valence-electron chi connectivity index (χ0n) is 14.8. The number of carbonyl (C=O) groups is 2. The molecule has 1 heterocycles. The maximum atomic E-state index is 12.7. The Labute approximate surface area is 143 Å². The number of urea groups is 1. The lowest BCUT2D eigenvalue weighted by atomic mass is 9.82. The van der Waals surface area contributed by atoms with Crippen molar-refractivity contribution >= 4 is 11.9 Å². The van der Waals surface area contributed by atoms with E-state index >= 15 is 0 Å². The van der Waals surface area contributed by atoms with E-state index in [0.29, 0.717) is 13.2 Å². The smallest absolute Gasteiger partial charge is 0.318 e. The van der Waals surface area contributed by atoms with Crippen LogP contribution in [0.4, 0.5) is 4.79 Å². The molecule has 24 heavy (non-hydrogen) atoms. The van der Waals surface area contributed by atoms with Gasteiger partial charge in [-0.2, -0.15) is 0 Å². The molecule has 0 saturated carbocycles. The zero-order chi connectivity index (χ0) is 17.9. The number of rotatable bonds is 3. The van der Waals surface area contributed by atoms with Crippen molar-refractivity contribution in [2.75, 3.05) is 19.7 Å². The molecule has 1 fully saturated rings. The summed E-state index contributed by atoms with van der Waals surface area (Å²) < 4.78 is 5.30. The number of nitrogens with zero attached hydrogens (tertiary/aromatic N) is 1. The second-order valence-corrected chi connectivity index (χ2v) is 7.37. The molecule has 2 atom stereocenters. The Morgan fingerprint density at radius 3 is 2.67 bits per heavy atom. The van der Waals surface area contributed by atoms with Gasteiger partial charge >= 0.3 is 6.03 Å². The SMILES string of the molecule is Cc1cccc(C(NC(=O)N2CCOC(C(N)=O)C2)C(C)(C)C)c1. The van der Waals surface area contributed by atoms with Gasteiger partial charge in [0, 0.05) is 6.54 Å². The molecule has 1 aromatic rings. The van der Waals surface area contributed by atoms with Crippen LogP contribution in [0.1, 0.15) is 37.9 Å². The lowest BCUT2D eigenvalue weighted by molar-refractivity contribution is -0.133. The van der Waals surface area contributed by atoms with Gasteiger partial charge in [0.2, 0.25) is 5.91 Å². The summed E-state index contributed by atoms with van der Waals surface area (Å²) in [5.41, 5.74) is 7.35. The van der Waals surface area contributed by atoms with Crippen LogP contribution in [0, 0.1) is 12.3 Å². The number of aryl methyl sites for hydroxylation is 1. The fraction of sp³-hybridized carbons (Fsp3) is 0.556. The summed E-state index contributed by atoms with van der Waals surface area (Å²) >= 11 is 0. The molecule has 2 unspecified atom stereocenters. The van der Waals surface area contributed by atoms with Crippen molar-refractivity contribution < 1.29 is 14.3 Å². The summed E-state index contributed by atoms with van der Waals surface area (Å²) in [6.07, 6.45) is -0.739. The van der Waals surface area contributed by atoms with Crippen LogP contribution in [-0.2, 0) is 9.53 Å². The van der Waals surface area contributed by atoms with Crippen LogP contribution in [0.3, 0.4) is 0 Å². The van der Waals surface area contributed by atoms with Crippen LogP contribution in [0.25, 0.3) is 0 Å². The Morgan fingerprint density at radius 2 is 2.08 bits per heavy atom. The topological polar surface area (TPSA) is 84.7 Å². The highest BCUT2D eigenvalue weighted by Gasteiger charge is 2.32. The molecule has 3 N–H and O–H groups in total. The van der Waals surface area contributed by atoms with Gasteiger partial charge in [-0.3, -0.25) is 4.79 Å². The minimum absolute atomic E-state index is 0.139. The summed E-state index contributed by atoms with van der Waals surface area (Å²) in [5.74, 6) is -0.543. The maximum Gasteiger partial charge on any atom is 0.318 e. The molecular weight excluding hydrogens is 306 g/mol. The largest absolute Gasteiger partial charge is 0.367 e. The summed E-state index contributed by atoms with van der Waals surface area (Å²) in [5, 5.41) is 3.11. The zero-order valence-corrected chi connectivity index (χ0v) is 14.8. The average molecular weight is 333 g/mol. The lowest BCUT2D eigenvalue weighted by Gasteiger charge is -2.36. The van der Waals surface area contributed by atoms with Crippen molar-refractivity contribution in [1.29, 1.82) is 0 Å². The van der Waals surface area contributed by atoms with E-state index in [1.165, 1.54) is 0 Å². The van der Waals surface area contributed by atoms with Gasteiger partial charge in [0.05, 0.1) is 19.2 Å². The van der Waals surface area contributed by atoms with E-state index in [-0.39, 0.29) is 24.0 Å². The van der Waals surface area contributed by atoms with Gasteiger partial charge in [-0.25, -0.2) is 4.79 Å². The van der Waals surface area contributed by atoms with Crippen LogP contribution < -0.4 is 11.1 Å². The summed E-state index contributed by atoms with van der Waals surface area (Å²) in [4.78, 5) is 25.6. The van der Waals surface area contributed by atoms with E-state index in [2.05, 4.69) is 32.2 Å². The number of amides is 3. The Hall–Kier alpha value is -2.08. The van der Waals surface area contributed by atoms with Crippen molar-refractivity contribution in [3.63, 3.8) is 0 Å². The molecule has 1 saturated heterocycles. The molecule has 0 bridgehead atoms. The standard InChI is InChI=1S/C18H27N3O3/c1-12-6-5-7-13(10-12)15(18(2,3)4)20-17(23)21-8-9-24-14(11-21)16(19)22/h5-7,10,14-15H,8-9,11H2,1-4H3,(H2,19,22)(H,20,23). The molecule has 3 amide bonds. The van der Waals surface area contributed by atoms with E-state index in [9.17, 15) is 9.59 Å². The molecule has 1 aromatic carbocycles. The van der Waals surface area contributed by atoms with E-state index in [4.69, 9.17) is 10.5 Å². The van der Waals surface area contributed by atoms with Crippen LogP contribution >= 0.6 is 0 Å². The number of morpholine rings is 1. The third-order valence-corrected chi connectivity index (χ3v) is 4.18. The predicted molar refractivity (Wildman–Crippen MR) is 92.4 cm³/mol. The Bertz CT molecular complexity index is 610. The van der Waals surface area contributed by atoms with Gasteiger partial charge in [0.15, 0.2) is 6.10 Å². The minimum atomic E-state index is -0.739. The number of carbonyl (C=O) groups excluding carboxylic acids is 2. The molecule has 0 radical (unpaired) electrons. The van der Waals surface area contributed by atoms with E-state index in [1.807, 2.05) is 25.1 Å². The molecule has 1 aliphatic heterocycles. The van der Waals surface area contributed by atoms with Crippen molar-refractivity contribution in [2.45, 2.75) is 39.8 Å². The number of benzene rings is 1. The highest BCUT2D eigenvalue weighted by Crippen LogP contribution is 2.33. The fourth-order valence-corrected chi connectivity index (χ4v) is 2.87. The number of nitrogens with two attached hydrogens (primary N) is 1. The minimum Gasteiger partial charge on any atom is -0.367 e. The second kappa shape index (κ2) is 7.21. The predicted octanol–water partition coefficient (Wildman–Crippen LogP) is 1.98. The number of nitrogens with one attached hydrogen (secondary N) is 1. The Balaban J connectivity index is 2.15. The van der Waals surface area contributed by atoms with Gasteiger partial charge in [0.25, 0.3) is 0 Å². The van der Waals surface area contributed by atoms with Crippen LogP contribution in [0.15, 0.2) is 24.3 Å². The highest BCUT2D eigenvalue weighted by atomic mass is 16.5. The second-order valence-electron chi connectivity index (χ2n) is 7.37. The quantitative estimate of drug-likeness (QED) is 0.887. The van der Waals surface area contributed by atoms with Crippen molar-refractivity contribution in [1.82, 2.24) is 10.2 Å². The van der Waals surface area contributed by atoms with Gasteiger partial charge in [-0.1, -0.05) is 50.6 Å². The van der Waals surface area contributed by atoms with Crippen molar-refractivity contribution in [2.24, 2.45) is 11.1 Å². The molecule has 2 rings (SSSR count). The molecule has 0 spiro atoms. The number of ether oxygens (including phenoxy) is 1. The normalized spacial score (nSPS) is 19.7.